The van der Waals surface area contributed by atoms with Crippen LogP contribution in [0.15, 0.2) is 194 Å². The second kappa shape index (κ2) is 13.6. The molecular formula is C50H36O. The van der Waals surface area contributed by atoms with Gasteiger partial charge in [-0.2, -0.15) is 0 Å². The molecule has 8 aromatic carbocycles. The average molecular weight is 653 g/mol. The van der Waals surface area contributed by atoms with Crippen LogP contribution < -0.4 is 0 Å². The predicted molar refractivity (Wildman–Crippen MR) is 213 cm³/mol. The van der Waals surface area contributed by atoms with Crippen LogP contribution in [0.4, 0.5) is 0 Å². The van der Waals surface area contributed by atoms with Gasteiger partial charge in [0.1, 0.15) is 0 Å². The first-order chi connectivity index (χ1) is 25.2. The number of benzene rings is 8. The van der Waals surface area contributed by atoms with Gasteiger partial charge in [0.2, 0.25) is 0 Å². The minimum Gasteiger partial charge on any atom is -0.372 e. The van der Waals surface area contributed by atoms with E-state index in [-0.39, 0.29) is 0 Å². The smallest absolute Gasteiger partial charge is 0.0727 e. The van der Waals surface area contributed by atoms with Crippen LogP contribution in [0.5, 0.6) is 0 Å². The van der Waals surface area contributed by atoms with Crippen LogP contribution in [0.3, 0.4) is 0 Å². The summed E-state index contributed by atoms with van der Waals surface area (Å²) in [4.78, 5) is 0. The van der Waals surface area contributed by atoms with E-state index in [0.717, 1.165) is 0 Å². The molecule has 0 N–H and O–H groups in total. The maximum absolute atomic E-state index is 6.25. The van der Waals surface area contributed by atoms with Gasteiger partial charge in [-0.1, -0.05) is 146 Å². The van der Waals surface area contributed by atoms with E-state index in [2.05, 4.69) is 194 Å². The highest BCUT2D eigenvalue weighted by Gasteiger charge is 2.18. The highest BCUT2D eigenvalue weighted by atomic mass is 16.5. The van der Waals surface area contributed by atoms with Crippen LogP contribution >= 0.6 is 0 Å². The monoisotopic (exact) mass is 652 g/mol. The van der Waals surface area contributed by atoms with E-state index >= 15 is 0 Å². The lowest BCUT2D eigenvalue weighted by Crippen LogP contribution is -1.92. The lowest BCUT2D eigenvalue weighted by molar-refractivity contribution is 0.110. The Hall–Kier alpha value is -6.28. The van der Waals surface area contributed by atoms with Gasteiger partial charge >= 0.3 is 0 Å². The molecule has 9 rings (SSSR count). The molecule has 1 aliphatic heterocycles. The summed E-state index contributed by atoms with van der Waals surface area (Å²) in [5.74, 6) is 0. The molecule has 51 heavy (non-hydrogen) atoms. The molecule has 0 unspecified atom stereocenters. The second-order valence-electron chi connectivity index (χ2n) is 13.3. The molecule has 0 spiro atoms. The van der Waals surface area contributed by atoms with Crippen molar-refractivity contribution in [1.82, 2.24) is 0 Å². The summed E-state index contributed by atoms with van der Waals surface area (Å²) in [6.45, 7) is 1.17. The van der Waals surface area contributed by atoms with Crippen molar-refractivity contribution in [3.05, 3.63) is 205 Å². The standard InChI is InChI=1S/C50H36O/c1-5-13-35(14-6-1)43-25-44(36-15-7-2-8-16-36)28-47(27-43)39-21-23-41-33-51-34-42-24-22-40(32-50(42)49(41)31-39)48-29-45(37-17-9-3-10-18-37)26-46(30-48)38-19-11-4-12-20-38/h1-32H,33-34H2. The maximum atomic E-state index is 6.25. The van der Waals surface area contributed by atoms with Gasteiger partial charge in [0.05, 0.1) is 13.2 Å². The van der Waals surface area contributed by atoms with Crippen molar-refractivity contribution >= 4 is 0 Å². The molecule has 0 atom stereocenters. The van der Waals surface area contributed by atoms with Crippen LogP contribution in [0.25, 0.3) is 77.9 Å². The largest absolute Gasteiger partial charge is 0.372 e. The quantitative estimate of drug-likeness (QED) is 0.174. The molecule has 0 radical (unpaired) electrons. The van der Waals surface area contributed by atoms with Gasteiger partial charge < -0.3 is 4.74 Å². The van der Waals surface area contributed by atoms with E-state index in [4.69, 9.17) is 4.74 Å². The molecule has 8 aromatic rings. The fourth-order valence-corrected chi connectivity index (χ4v) is 7.31. The highest BCUT2D eigenvalue weighted by Crippen LogP contribution is 2.40. The Labute approximate surface area is 300 Å². The molecule has 0 saturated carbocycles. The summed E-state index contributed by atoms with van der Waals surface area (Å²) < 4.78 is 6.25. The molecule has 1 aliphatic rings. The zero-order chi connectivity index (χ0) is 34.0. The van der Waals surface area contributed by atoms with E-state index in [1.54, 1.807) is 0 Å². The molecule has 0 aliphatic carbocycles. The Bertz CT molecular complexity index is 2170. The van der Waals surface area contributed by atoms with E-state index in [1.165, 1.54) is 89.0 Å². The first-order valence-corrected chi connectivity index (χ1v) is 17.6. The molecule has 242 valence electrons. The zero-order valence-electron chi connectivity index (χ0n) is 28.3. The number of fused-ring (bicyclic) bond motifs is 3. The van der Waals surface area contributed by atoms with Crippen LogP contribution in [0.1, 0.15) is 11.1 Å². The molecule has 0 fully saturated rings. The molecule has 0 aromatic heterocycles. The fraction of sp³-hybridized carbons (Fsp3) is 0.0400. The van der Waals surface area contributed by atoms with Gasteiger partial charge in [0.15, 0.2) is 0 Å². The second-order valence-corrected chi connectivity index (χ2v) is 13.3. The number of hydrogen-bond acceptors (Lipinski definition) is 1. The van der Waals surface area contributed by atoms with Gasteiger partial charge in [0, 0.05) is 0 Å². The molecular weight excluding hydrogens is 617 g/mol. The average Bonchev–Trinajstić information content (AvgIpc) is 3.40. The van der Waals surface area contributed by atoms with Gasteiger partial charge in [0.25, 0.3) is 0 Å². The predicted octanol–water partition coefficient (Wildman–Crippen LogP) is 13.4. The van der Waals surface area contributed by atoms with Crippen molar-refractivity contribution in [2.45, 2.75) is 13.2 Å². The van der Waals surface area contributed by atoms with Crippen molar-refractivity contribution < 1.29 is 4.74 Å². The van der Waals surface area contributed by atoms with Crippen LogP contribution in [-0.2, 0) is 18.0 Å². The lowest BCUT2D eigenvalue weighted by Gasteiger charge is -2.16. The summed E-state index contributed by atoms with van der Waals surface area (Å²) in [5.41, 5.74) is 19.3. The highest BCUT2D eigenvalue weighted by molar-refractivity contribution is 5.87. The molecule has 0 amide bonds. The van der Waals surface area contributed by atoms with Gasteiger partial charge in [-0.25, -0.2) is 0 Å². The molecule has 0 saturated heterocycles. The minimum absolute atomic E-state index is 0.584. The molecule has 1 nitrogen and oxygen atoms in total. The molecule has 1 heterocycles. The number of rotatable bonds is 6. The van der Waals surface area contributed by atoms with Gasteiger partial charge in [-0.15, -0.1) is 0 Å². The van der Waals surface area contributed by atoms with Crippen molar-refractivity contribution in [3.8, 4) is 77.9 Å². The topological polar surface area (TPSA) is 9.23 Å². The summed E-state index contributed by atoms with van der Waals surface area (Å²) in [6, 6.07) is 70.4. The Balaban J connectivity index is 1.18. The third kappa shape index (κ3) is 6.32. The van der Waals surface area contributed by atoms with E-state index in [9.17, 15) is 0 Å². The fourth-order valence-electron chi connectivity index (χ4n) is 7.31. The van der Waals surface area contributed by atoms with E-state index < -0.39 is 0 Å². The Morgan fingerprint density at radius 3 is 0.804 bits per heavy atom. The summed E-state index contributed by atoms with van der Waals surface area (Å²) in [6.07, 6.45) is 0. The molecule has 0 bridgehead atoms. The molecule has 1 heteroatoms. The Morgan fingerprint density at radius 1 is 0.235 bits per heavy atom. The number of hydrogen-bond donors (Lipinski definition) is 0. The summed E-state index contributed by atoms with van der Waals surface area (Å²) in [7, 11) is 0. The van der Waals surface area contributed by atoms with Crippen molar-refractivity contribution in [2.24, 2.45) is 0 Å². The van der Waals surface area contributed by atoms with Crippen molar-refractivity contribution in [1.29, 1.82) is 0 Å². The van der Waals surface area contributed by atoms with Gasteiger partial charge in [-0.05, 0) is 138 Å². The van der Waals surface area contributed by atoms with Crippen LogP contribution in [0, 0.1) is 0 Å². The SMILES string of the molecule is c1ccc(-c2cc(-c3ccccc3)cc(-c3ccc4c(c3)-c3cc(-c5cc(-c6ccccc6)cc(-c6ccccc6)c5)ccc3COC4)c2)cc1. The van der Waals surface area contributed by atoms with E-state index in [1.807, 2.05) is 0 Å². The zero-order valence-corrected chi connectivity index (χ0v) is 28.3. The maximum Gasteiger partial charge on any atom is 0.0727 e. The van der Waals surface area contributed by atoms with Gasteiger partial charge in [-0.3, -0.25) is 0 Å². The van der Waals surface area contributed by atoms with Crippen LogP contribution in [-0.4, -0.2) is 0 Å². The first-order valence-electron chi connectivity index (χ1n) is 17.6. The Morgan fingerprint density at radius 2 is 0.510 bits per heavy atom. The van der Waals surface area contributed by atoms with Crippen LogP contribution in [0.2, 0.25) is 0 Å². The summed E-state index contributed by atoms with van der Waals surface area (Å²) >= 11 is 0. The lowest BCUT2D eigenvalue weighted by atomic mass is 9.88. The first kappa shape index (κ1) is 30.8. The summed E-state index contributed by atoms with van der Waals surface area (Å²) in [5, 5.41) is 0. The van der Waals surface area contributed by atoms with Crippen molar-refractivity contribution in [2.75, 3.05) is 0 Å². The normalized spacial score (nSPS) is 12.1. The third-order valence-corrected chi connectivity index (χ3v) is 9.99. The minimum atomic E-state index is 0.584. The number of ether oxygens (including phenoxy) is 1. The van der Waals surface area contributed by atoms with E-state index in [0.29, 0.717) is 13.2 Å². The van der Waals surface area contributed by atoms with Crippen molar-refractivity contribution in [3.63, 3.8) is 0 Å². The Kier molecular flexibility index (Phi) is 8.17. The third-order valence-electron chi connectivity index (χ3n) is 9.99.